The predicted molar refractivity (Wildman–Crippen MR) is 97.1 cm³/mol. The molecular formula is C17H17F3N6O2. The average molecular weight is 394 g/mol. The maximum absolute atomic E-state index is 13.1. The highest BCUT2D eigenvalue weighted by molar-refractivity contribution is 5.82. The lowest BCUT2D eigenvalue weighted by molar-refractivity contribution is -0.137. The van der Waals surface area contributed by atoms with Crippen molar-refractivity contribution < 1.29 is 17.9 Å². The Labute approximate surface area is 157 Å². The Morgan fingerprint density at radius 1 is 1.21 bits per heavy atom. The van der Waals surface area contributed by atoms with E-state index in [1.54, 1.807) is 13.8 Å². The van der Waals surface area contributed by atoms with Gasteiger partial charge < -0.3 is 20.8 Å². The minimum Gasteiger partial charge on any atom is -0.477 e. The number of anilines is 2. The van der Waals surface area contributed by atoms with Gasteiger partial charge in [0.25, 0.3) is 5.88 Å². The molecule has 2 heterocycles. The van der Waals surface area contributed by atoms with Crippen LogP contribution in [-0.2, 0) is 6.18 Å². The van der Waals surface area contributed by atoms with Crippen molar-refractivity contribution in [2.24, 2.45) is 0 Å². The number of alkyl halides is 3. The number of nitrogen functional groups attached to an aromatic ring is 1. The highest BCUT2D eigenvalue weighted by Gasteiger charge is 2.31. The van der Waals surface area contributed by atoms with Crippen LogP contribution in [0.5, 0.6) is 5.88 Å². The van der Waals surface area contributed by atoms with E-state index in [0.29, 0.717) is 11.4 Å². The molecule has 1 atom stereocenters. The zero-order valence-electron chi connectivity index (χ0n) is 15.2. The zero-order chi connectivity index (χ0) is 20.6. The quantitative estimate of drug-likeness (QED) is 0.582. The number of nitrogens with zero attached hydrogens (tertiary/aromatic N) is 3. The summed E-state index contributed by atoms with van der Waals surface area (Å²) in [4.78, 5) is 27.0. The molecule has 8 nitrogen and oxygen atoms in total. The molecule has 0 aliphatic heterocycles. The number of benzene rings is 1. The standard InChI is InChI=1S/C17H17F3N6O2/c1-7(9-4-10(17(18,19)20)6-11(21)5-9)22-13-12-14(24-8(2)23-13)26-16(28-3)15(27)25-12/h4-7H,21H2,1-3H3,(H,25,27)(H,22,23,24,26)/t7-/m1/s1. The highest BCUT2D eigenvalue weighted by atomic mass is 19.4. The maximum Gasteiger partial charge on any atom is 0.416 e. The number of rotatable bonds is 4. The number of nitrogens with one attached hydrogen (secondary N) is 2. The number of aromatic nitrogens is 4. The van der Waals surface area contributed by atoms with Crippen molar-refractivity contribution in [1.29, 1.82) is 0 Å². The first-order valence-electron chi connectivity index (χ1n) is 8.15. The molecule has 0 unspecified atom stereocenters. The van der Waals surface area contributed by atoms with Crippen LogP contribution in [-0.4, -0.2) is 27.0 Å². The molecule has 0 saturated heterocycles. The Morgan fingerprint density at radius 2 is 1.93 bits per heavy atom. The first-order chi connectivity index (χ1) is 13.1. The fraction of sp³-hybridized carbons (Fsp3) is 0.294. The second kappa shape index (κ2) is 6.98. The summed E-state index contributed by atoms with van der Waals surface area (Å²) in [6.07, 6.45) is -4.52. The normalized spacial score (nSPS) is 12.8. The van der Waals surface area contributed by atoms with Gasteiger partial charge in [-0.3, -0.25) is 4.79 Å². The zero-order valence-corrected chi connectivity index (χ0v) is 15.2. The van der Waals surface area contributed by atoms with Gasteiger partial charge in [-0.25, -0.2) is 9.97 Å². The van der Waals surface area contributed by atoms with Gasteiger partial charge in [0.05, 0.1) is 18.7 Å². The molecule has 0 bridgehead atoms. The van der Waals surface area contributed by atoms with E-state index >= 15 is 0 Å². The van der Waals surface area contributed by atoms with Gasteiger partial charge in [-0.1, -0.05) is 0 Å². The molecule has 3 rings (SSSR count). The second-order valence-electron chi connectivity index (χ2n) is 6.15. The summed E-state index contributed by atoms with van der Waals surface area (Å²) >= 11 is 0. The van der Waals surface area contributed by atoms with Crippen molar-refractivity contribution in [3.05, 3.63) is 45.5 Å². The molecule has 0 spiro atoms. The number of methoxy groups -OCH3 is 1. The van der Waals surface area contributed by atoms with Gasteiger partial charge in [-0.15, -0.1) is 0 Å². The van der Waals surface area contributed by atoms with Crippen LogP contribution in [0.15, 0.2) is 23.0 Å². The van der Waals surface area contributed by atoms with Crippen LogP contribution >= 0.6 is 0 Å². The minimum atomic E-state index is -4.52. The second-order valence-corrected chi connectivity index (χ2v) is 6.15. The van der Waals surface area contributed by atoms with Crippen molar-refractivity contribution in [3.63, 3.8) is 0 Å². The molecule has 0 aliphatic carbocycles. The fourth-order valence-electron chi connectivity index (χ4n) is 2.69. The lowest BCUT2D eigenvalue weighted by atomic mass is 10.0. The number of hydrogen-bond donors (Lipinski definition) is 3. The molecule has 0 radical (unpaired) electrons. The van der Waals surface area contributed by atoms with Crippen molar-refractivity contribution in [1.82, 2.24) is 19.9 Å². The SMILES string of the molecule is COc1nc2nc(C)nc(N[C@H](C)c3cc(N)cc(C(F)(F)F)c3)c2[nH]c1=O. The number of H-pyrrole nitrogens is 1. The van der Waals surface area contributed by atoms with Crippen LogP contribution in [0.2, 0.25) is 0 Å². The summed E-state index contributed by atoms with van der Waals surface area (Å²) < 4.78 is 44.1. The smallest absolute Gasteiger partial charge is 0.416 e. The number of hydrogen-bond acceptors (Lipinski definition) is 7. The van der Waals surface area contributed by atoms with Gasteiger partial charge in [0.2, 0.25) is 0 Å². The number of aryl methyl sites for hydroxylation is 1. The predicted octanol–water partition coefficient (Wildman–Crippen LogP) is 2.80. The van der Waals surface area contributed by atoms with E-state index in [-0.39, 0.29) is 28.5 Å². The van der Waals surface area contributed by atoms with Crippen molar-refractivity contribution in [3.8, 4) is 5.88 Å². The molecular weight excluding hydrogens is 377 g/mol. The minimum absolute atomic E-state index is 0.0120. The number of nitrogens with two attached hydrogens (primary N) is 1. The summed E-state index contributed by atoms with van der Waals surface area (Å²) in [7, 11) is 1.30. The largest absolute Gasteiger partial charge is 0.477 e. The third-order valence-corrected chi connectivity index (χ3v) is 3.99. The first kappa shape index (κ1) is 19.4. The summed E-state index contributed by atoms with van der Waals surface area (Å²) in [5.41, 5.74) is 4.89. The van der Waals surface area contributed by atoms with Crippen molar-refractivity contribution >= 4 is 22.7 Å². The summed E-state index contributed by atoms with van der Waals surface area (Å²) in [5, 5.41) is 2.99. The van der Waals surface area contributed by atoms with Crippen LogP contribution in [0.25, 0.3) is 11.2 Å². The van der Waals surface area contributed by atoms with Gasteiger partial charge in [-0.05, 0) is 37.6 Å². The van der Waals surface area contributed by atoms with Gasteiger partial charge in [0.15, 0.2) is 11.5 Å². The van der Waals surface area contributed by atoms with Crippen molar-refractivity contribution in [2.45, 2.75) is 26.1 Å². The molecule has 0 aliphatic rings. The lowest BCUT2D eigenvalue weighted by Crippen LogP contribution is -2.16. The van der Waals surface area contributed by atoms with E-state index in [1.165, 1.54) is 13.2 Å². The lowest BCUT2D eigenvalue weighted by Gasteiger charge is -2.18. The van der Waals surface area contributed by atoms with E-state index in [1.807, 2.05) is 0 Å². The molecule has 28 heavy (non-hydrogen) atoms. The summed E-state index contributed by atoms with van der Waals surface area (Å²) in [6.45, 7) is 3.27. The van der Waals surface area contributed by atoms with E-state index in [4.69, 9.17) is 10.5 Å². The van der Waals surface area contributed by atoms with Crippen LogP contribution in [0.3, 0.4) is 0 Å². The van der Waals surface area contributed by atoms with Gasteiger partial charge in [0.1, 0.15) is 11.3 Å². The molecule has 2 aromatic heterocycles. The number of fused-ring (bicyclic) bond motifs is 1. The summed E-state index contributed by atoms with van der Waals surface area (Å²) in [5.74, 6) is 0.417. The monoisotopic (exact) mass is 394 g/mol. The topological polar surface area (TPSA) is 119 Å². The van der Waals surface area contributed by atoms with Gasteiger partial charge in [-0.2, -0.15) is 18.2 Å². The Kier molecular flexibility index (Phi) is 4.84. The van der Waals surface area contributed by atoms with Crippen LogP contribution in [0, 0.1) is 6.92 Å². The molecule has 4 N–H and O–H groups in total. The average Bonchev–Trinajstić information content (AvgIpc) is 2.60. The molecule has 11 heteroatoms. The molecule has 0 fully saturated rings. The molecule has 148 valence electrons. The maximum atomic E-state index is 13.1. The van der Waals surface area contributed by atoms with Crippen molar-refractivity contribution in [2.75, 3.05) is 18.2 Å². The van der Waals surface area contributed by atoms with Crippen LogP contribution < -0.4 is 21.3 Å². The molecule has 1 aromatic carbocycles. The van der Waals surface area contributed by atoms with Crippen LogP contribution in [0.4, 0.5) is 24.7 Å². The number of halogens is 3. The van der Waals surface area contributed by atoms with Gasteiger partial charge >= 0.3 is 11.7 Å². The Balaban J connectivity index is 2.04. The van der Waals surface area contributed by atoms with E-state index in [9.17, 15) is 18.0 Å². The molecule has 3 aromatic rings. The van der Waals surface area contributed by atoms with Gasteiger partial charge in [0, 0.05) is 5.69 Å². The fourth-order valence-corrected chi connectivity index (χ4v) is 2.69. The van der Waals surface area contributed by atoms with E-state index in [0.717, 1.165) is 12.1 Å². The Hall–Kier alpha value is -3.37. The van der Waals surface area contributed by atoms with Crippen LogP contribution in [0.1, 0.15) is 29.9 Å². The number of ether oxygens (including phenoxy) is 1. The Morgan fingerprint density at radius 3 is 2.57 bits per heavy atom. The Bertz CT molecular complexity index is 1100. The third kappa shape index (κ3) is 3.82. The molecule has 0 saturated carbocycles. The highest BCUT2D eigenvalue weighted by Crippen LogP contribution is 2.33. The number of aromatic amines is 1. The third-order valence-electron chi connectivity index (χ3n) is 3.99. The van der Waals surface area contributed by atoms with E-state index in [2.05, 4.69) is 25.3 Å². The molecule has 0 amide bonds. The first-order valence-corrected chi connectivity index (χ1v) is 8.15. The summed E-state index contributed by atoms with van der Waals surface area (Å²) in [6, 6.07) is 2.71. The van der Waals surface area contributed by atoms with E-state index < -0.39 is 23.3 Å².